The van der Waals surface area contributed by atoms with E-state index in [1.54, 1.807) is 7.05 Å². The molecule has 1 aliphatic carbocycles. The van der Waals surface area contributed by atoms with Crippen molar-refractivity contribution in [2.24, 2.45) is 7.05 Å². The standard InChI is InChI=1S/C11H17N3O4S/c1-14-8-9(7-12-14)19(16,17)13-10(15)11(18-2)5-3-4-6-11/h7-8H,3-6H2,1-2H3,(H,13,15). The van der Waals surface area contributed by atoms with Crippen molar-refractivity contribution < 1.29 is 17.9 Å². The minimum Gasteiger partial charge on any atom is -0.368 e. The summed E-state index contributed by atoms with van der Waals surface area (Å²) in [6.45, 7) is 0. The first-order valence-electron chi connectivity index (χ1n) is 6.01. The molecule has 106 valence electrons. The lowest BCUT2D eigenvalue weighted by molar-refractivity contribution is -0.140. The first-order chi connectivity index (χ1) is 8.89. The van der Waals surface area contributed by atoms with Gasteiger partial charge in [0.1, 0.15) is 10.5 Å². The van der Waals surface area contributed by atoms with Gasteiger partial charge in [-0.15, -0.1) is 0 Å². The van der Waals surface area contributed by atoms with E-state index in [-0.39, 0.29) is 4.90 Å². The quantitative estimate of drug-likeness (QED) is 0.853. The number of aromatic nitrogens is 2. The van der Waals surface area contributed by atoms with Crippen LogP contribution in [0.3, 0.4) is 0 Å². The van der Waals surface area contributed by atoms with Crippen molar-refractivity contribution in [3.8, 4) is 0 Å². The van der Waals surface area contributed by atoms with E-state index >= 15 is 0 Å². The van der Waals surface area contributed by atoms with Crippen LogP contribution < -0.4 is 4.72 Å². The lowest BCUT2D eigenvalue weighted by atomic mass is 10.0. The number of aryl methyl sites for hydroxylation is 1. The number of hydrogen-bond donors (Lipinski definition) is 1. The third kappa shape index (κ3) is 2.64. The summed E-state index contributed by atoms with van der Waals surface area (Å²) in [4.78, 5) is 12.1. The van der Waals surface area contributed by atoms with Crippen LogP contribution >= 0.6 is 0 Å². The molecular weight excluding hydrogens is 270 g/mol. The number of nitrogens with zero attached hydrogens (tertiary/aromatic N) is 2. The molecule has 1 fully saturated rings. The Hall–Kier alpha value is -1.41. The Kier molecular flexibility index (Phi) is 3.64. The molecule has 1 amide bonds. The van der Waals surface area contributed by atoms with Gasteiger partial charge in [0.05, 0.1) is 6.20 Å². The van der Waals surface area contributed by atoms with Gasteiger partial charge in [0, 0.05) is 20.4 Å². The molecule has 1 aromatic heterocycles. The summed E-state index contributed by atoms with van der Waals surface area (Å²) in [5.74, 6) is -0.601. The zero-order valence-electron chi connectivity index (χ0n) is 10.9. The summed E-state index contributed by atoms with van der Waals surface area (Å²) in [6, 6.07) is 0. The molecule has 1 aromatic rings. The monoisotopic (exact) mass is 287 g/mol. The van der Waals surface area contributed by atoms with Crippen molar-refractivity contribution in [2.45, 2.75) is 36.2 Å². The fraction of sp³-hybridized carbons (Fsp3) is 0.636. The number of carbonyl (C=O) groups excluding carboxylic acids is 1. The Morgan fingerprint density at radius 1 is 1.47 bits per heavy atom. The molecule has 1 saturated carbocycles. The Morgan fingerprint density at radius 3 is 2.58 bits per heavy atom. The number of nitrogens with one attached hydrogen (secondary N) is 1. The third-order valence-electron chi connectivity index (χ3n) is 3.43. The van der Waals surface area contributed by atoms with Gasteiger partial charge < -0.3 is 4.74 Å². The van der Waals surface area contributed by atoms with Crippen LogP contribution in [0.15, 0.2) is 17.3 Å². The highest BCUT2D eigenvalue weighted by molar-refractivity contribution is 7.90. The molecule has 0 bridgehead atoms. The van der Waals surface area contributed by atoms with Crippen molar-refractivity contribution >= 4 is 15.9 Å². The van der Waals surface area contributed by atoms with E-state index in [0.29, 0.717) is 12.8 Å². The highest BCUT2D eigenvalue weighted by atomic mass is 32.2. The average molecular weight is 287 g/mol. The first-order valence-corrected chi connectivity index (χ1v) is 7.49. The van der Waals surface area contributed by atoms with Crippen LogP contribution in [-0.4, -0.2) is 36.8 Å². The maximum absolute atomic E-state index is 12.2. The number of sulfonamides is 1. The molecule has 1 heterocycles. The van der Waals surface area contributed by atoms with Crippen LogP contribution in [-0.2, 0) is 26.6 Å². The number of methoxy groups -OCH3 is 1. The van der Waals surface area contributed by atoms with Gasteiger partial charge in [-0.05, 0) is 25.7 Å². The largest absolute Gasteiger partial charge is 0.368 e. The number of ether oxygens (including phenoxy) is 1. The topological polar surface area (TPSA) is 90.3 Å². The Bertz CT molecular complexity index is 573. The van der Waals surface area contributed by atoms with Gasteiger partial charge in [0.2, 0.25) is 0 Å². The Balaban J connectivity index is 2.18. The summed E-state index contributed by atoms with van der Waals surface area (Å²) >= 11 is 0. The number of rotatable bonds is 4. The Morgan fingerprint density at radius 2 is 2.11 bits per heavy atom. The molecule has 0 unspecified atom stereocenters. The number of amides is 1. The Labute approximate surface area is 112 Å². The van der Waals surface area contributed by atoms with Gasteiger partial charge in [0.15, 0.2) is 0 Å². The maximum Gasteiger partial charge on any atom is 0.267 e. The van der Waals surface area contributed by atoms with Gasteiger partial charge in [-0.2, -0.15) is 5.10 Å². The third-order valence-corrected chi connectivity index (χ3v) is 4.72. The van der Waals surface area contributed by atoms with E-state index in [1.165, 1.54) is 24.2 Å². The molecule has 1 N–H and O–H groups in total. The van der Waals surface area contributed by atoms with E-state index in [1.807, 2.05) is 0 Å². The average Bonchev–Trinajstić information content (AvgIpc) is 2.97. The molecule has 1 aliphatic rings. The van der Waals surface area contributed by atoms with E-state index in [0.717, 1.165) is 12.8 Å². The molecular formula is C11H17N3O4S. The van der Waals surface area contributed by atoms with Crippen molar-refractivity contribution in [2.75, 3.05) is 7.11 Å². The lowest BCUT2D eigenvalue weighted by Crippen LogP contribution is -2.48. The zero-order valence-corrected chi connectivity index (χ0v) is 11.7. The molecule has 0 atom stereocenters. The fourth-order valence-corrected chi connectivity index (χ4v) is 3.31. The molecule has 8 heteroatoms. The van der Waals surface area contributed by atoms with Crippen molar-refractivity contribution in [3.63, 3.8) is 0 Å². The molecule has 0 radical (unpaired) electrons. The number of hydrogen-bond acceptors (Lipinski definition) is 5. The van der Waals surface area contributed by atoms with Crippen LogP contribution in [0.5, 0.6) is 0 Å². The van der Waals surface area contributed by atoms with Crippen LogP contribution in [0.4, 0.5) is 0 Å². The van der Waals surface area contributed by atoms with Crippen LogP contribution in [0, 0.1) is 0 Å². The molecule has 0 aliphatic heterocycles. The van der Waals surface area contributed by atoms with E-state index < -0.39 is 21.5 Å². The SMILES string of the molecule is COC1(C(=O)NS(=O)(=O)c2cnn(C)c2)CCCC1. The lowest BCUT2D eigenvalue weighted by Gasteiger charge is -2.25. The summed E-state index contributed by atoms with van der Waals surface area (Å²) in [5.41, 5.74) is -1.02. The van der Waals surface area contributed by atoms with Gasteiger partial charge in [-0.3, -0.25) is 9.48 Å². The molecule has 0 aromatic carbocycles. The zero-order chi connectivity index (χ0) is 14.1. The van der Waals surface area contributed by atoms with Crippen LogP contribution in [0.2, 0.25) is 0 Å². The predicted molar refractivity (Wildman–Crippen MR) is 66.7 cm³/mol. The normalized spacial score (nSPS) is 18.4. The second-order valence-corrected chi connectivity index (χ2v) is 6.37. The highest BCUT2D eigenvalue weighted by Gasteiger charge is 2.43. The maximum atomic E-state index is 12.2. The van der Waals surface area contributed by atoms with E-state index in [4.69, 9.17) is 4.74 Å². The number of carbonyl (C=O) groups is 1. The minimum absolute atomic E-state index is 0.0346. The van der Waals surface area contributed by atoms with Crippen LogP contribution in [0.1, 0.15) is 25.7 Å². The predicted octanol–water partition coefficient (Wildman–Crippen LogP) is 0.184. The van der Waals surface area contributed by atoms with Gasteiger partial charge in [0.25, 0.3) is 15.9 Å². The summed E-state index contributed by atoms with van der Waals surface area (Å²) < 4.78 is 32.7. The molecule has 7 nitrogen and oxygen atoms in total. The second-order valence-electron chi connectivity index (χ2n) is 4.69. The highest BCUT2D eigenvalue weighted by Crippen LogP contribution is 2.33. The molecule has 0 spiro atoms. The molecule has 0 saturated heterocycles. The van der Waals surface area contributed by atoms with Gasteiger partial charge in [-0.1, -0.05) is 0 Å². The molecule has 19 heavy (non-hydrogen) atoms. The molecule has 2 rings (SSSR count). The van der Waals surface area contributed by atoms with Crippen molar-refractivity contribution in [3.05, 3.63) is 12.4 Å². The van der Waals surface area contributed by atoms with Gasteiger partial charge >= 0.3 is 0 Å². The second kappa shape index (κ2) is 4.93. The minimum atomic E-state index is -3.89. The van der Waals surface area contributed by atoms with Crippen molar-refractivity contribution in [1.29, 1.82) is 0 Å². The van der Waals surface area contributed by atoms with Gasteiger partial charge in [-0.25, -0.2) is 13.1 Å². The first kappa shape index (κ1) is 14.0. The van der Waals surface area contributed by atoms with Crippen molar-refractivity contribution in [1.82, 2.24) is 14.5 Å². The smallest absolute Gasteiger partial charge is 0.267 e. The van der Waals surface area contributed by atoms with Crippen LogP contribution in [0.25, 0.3) is 0 Å². The van der Waals surface area contributed by atoms with E-state index in [9.17, 15) is 13.2 Å². The summed E-state index contributed by atoms with van der Waals surface area (Å²) in [5, 5.41) is 3.78. The summed E-state index contributed by atoms with van der Waals surface area (Å²) in [6.07, 6.45) is 5.33. The fourth-order valence-electron chi connectivity index (χ4n) is 2.28. The van der Waals surface area contributed by atoms with E-state index in [2.05, 4.69) is 9.82 Å². The summed E-state index contributed by atoms with van der Waals surface area (Å²) in [7, 11) is -0.849.